The summed E-state index contributed by atoms with van der Waals surface area (Å²) in [6, 6.07) is 9.44. The number of alkyl halides is 3. The third kappa shape index (κ3) is 5.42. The largest absolute Gasteiger partial charge is 0.496 e. The van der Waals surface area contributed by atoms with Crippen LogP contribution in [-0.2, 0) is 22.0 Å². The molecule has 0 saturated carbocycles. The lowest BCUT2D eigenvalue weighted by atomic mass is 10.1. The Labute approximate surface area is 170 Å². The Hall–Kier alpha value is -3.25. The number of hydrogen-bond donors (Lipinski definition) is 2. The van der Waals surface area contributed by atoms with E-state index in [1.54, 1.807) is 24.3 Å². The molecule has 3 N–H and O–H groups in total. The van der Waals surface area contributed by atoms with Crippen molar-refractivity contribution in [2.24, 2.45) is 5.14 Å². The van der Waals surface area contributed by atoms with Gasteiger partial charge in [-0.05, 0) is 35.9 Å². The Morgan fingerprint density at radius 1 is 1.13 bits per heavy atom. The molecule has 0 spiro atoms. The van der Waals surface area contributed by atoms with E-state index < -0.39 is 21.8 Å². The van der Waals surface area contributed by atoms with Crippen LogP contribution in [0.15, 0.2) is 48.8 Å². The lowest BCUT2D eigenvalue weighted by Gasteiger charge is -2.12. The topological polar surface area (TPSA) is 120 Å². The number of methoxy groups -OCH3 is 1. The molecule has 12 heteroatoms. The van der Waals surface area contributed by atoms with Crippen LogP contribution in [-0.4, -0.2) is 30.5 Å². The highest BCUT2D eigenvalue weighted by Crippen LogP contribution is 2.36. The molecule has 0 unspecified atom stereocenters. The molecule has 0 atom stereocenters. The van der Waals surface area contributed by atoms with Crippen LogP contribution >= 0.6 is 0 Å². The molecule has 0 saturated heterocycles. The summed E-state index contributed by atoms with van der Waals surface area (Å²) in [5.74, 6) is -0.182. The quantitative estimate of drug-likeness (QED) is 0.606. The van der Waals surface area contributed by atoms with Crippen LogP contribution in [0.5, 0.6) is 5.75 Å². The van der Waals surface area contributed by atoms with Crippen molar-refractivity contribution < 1.29 is 26.3 Å². The Kier molecular flexibility index (Phi) is 5.89. The smallest absolute Gasteiger partial charge is 0.416 e. The van der Waals surface area contributed by atoms with Crippen LogP contribution in [0.1, 0.15) is 11.1 Å². The van der Waals surface area contributed by atoms with Gasteiger partial charge in [0.05, 0.1) is 24.0 Å². The van der Waals surface area contributed by atoms with Gasteiger partial charge in [-0.1, -0.05) is 12.1 Å². The first-order chi connectivity index (χ1) is 14.0. The zero-order chi connectivity index (χ0) is 21.9. The van der Waals surface area contributed by atoms with Crippen LogP contribution in [0.4, 0.5) is 24.8 Å². The molecule has 1 heterocycles. The Bertz CT molecular complexity index is 1170. The van der Waals surface area contributed by atoms with Crippen molar-refractivity contribution in [2.45, 2.75) is 11.9 Å². The number of halogens is 3. The number of sulfonamides is 1. The molecule has 2 aromatic carbocycles. The fourth-order valence-electron chi connectivity index (χ4n) is 2.64. The van der Waals surface area contributed by atoms with Gasteiger partial charge in [-0.3, -0.25) is 0 Å². The van der Waals surface area contributed by atoms with Crippen molar-refractivity contribution in [2.75, 3.05) is 12.4 Å². The van der Waals surface area contributed by atoms with Crippen molar-refractivity contribution in [3.8, 4) is 17.1 Å². The molecule has 0 aliphatic carbocycles. The van der Waals surface area contributed by atoms with E-state index in [1.807, 2.05) is 0 Å². The Morgan fingerprint density at radius 3 is 2.57 bits per heavy atom. The number of ether oxygens (including phenoxy) is 1. The molecule has 0 fully saturated rings. The summed E-state index contributed by atoms with van der Waals surface area (Å²) in [7, 11) is -2.45. The summed E-state index contributed by atoms with van der Waals surface area (Å²) < 4.78 is 66.4. The molecule has 3 aromatic rings. The minimum absolute atomic E-state index is 0.0443. The maximum atomic E-state index is 12.9. The van der Waals surface area contributed by atoms with E-state index in [0.717, 1.165) is 12.1 Å². The number of aromatic nitrogens is 3. The minimum atomic E-state index is -4.51. The minimum Gasteiger partial charge on any atom is -0.496 e. The summed E-state index contributed by atoms with van der Waals surface area (Å²) in [6.45, 7) is 0. The van der Waals surface area contributed by atoms with Gasteiger partial charge in [-0.25, -0.2) is 23.5 Å². The lowest BCUT2D eigenvalue weighted by molar-refractivity contribution is -0.137. The molecule has 3 rings (SSSR count). The molecule has 1 aromatic heterocycles. The SMILES string of the molecule is COc1cc(C(F)(F)F)ccc1-c1ncnc(Nc2cccc(CS(N)(=O)=O)c2)n1. The number of nitrogens with two attached hydrogens (primary N) is 1. The molecule has 8 nitrogen and oxygen atoms in total. The van der Waals surface area contributed by atoms with Gasteiger partial charge in [0.15, 0.2) is 5.82 Å². The van der Waals surface area contributed by atoms with E-state index in [1.165, 1.54) is 19.5 Å². The molecule has 30 heavy (non-hydrogen) atoms. The predicted octanol–water partition coefficient (Wildman–Crippen LogP) is 3.10. The van der Waals surface area contributed by atoms with E-state index in [9.17, 15) is 21.6 Å². The van der Waals surface area contributed by atoms with Gasteiger partial charge < -0.3 is 10.1 Å². The number of anilines is 2. The monoisotopic (exact) mass is 439 g/mol. The summed E-state index contributed by atoms with van der Waals surface area (Å²) in [5.41, 5.74) is 0.343. The first kappa shape index (κ1) is 21.5. The highest BCUT2D eigenvalue weighted by molar-refractivity contribution is 7.88. The second-order valence-electron chi connectivity index (χ2n) is 6.18. The van der Waals surface area contributed by atoms with Crippen molar-refractivity contribution in [1.29, 1.82) is 0 Å². The van der Waals surface area contributed by atoms with Gasteiger partial charge in [0.1, 0.15) is 12.1 Å². The zero-order valence-electron chi connectivity index (χ0n) is 15.5. The molecule has 0 aliphatic rings. The lowest BCUT2D eigenvalue weighted by Crippen LogP contribution is -2.14. The molecule has 0 aliphatic heterocycles. The van der Waals surface area contributed by atoms with Gasteiger partial charge in [-0.2, -0.15) is 18.2 Å². The van der Waals surface area contributed by atoms with Gasteiger partial charge in [-0.15, -0.1) is 0 Å². The van der Waals surface area contributed by atoms with E-state index >= 15 is 0 Å². The fraction of sp³-hybridized carbons (Fsp3) is 0.167. The first-order valence-corrected chi connectivity index (χ1v) is 10.1. The maximum absolute atomic E-state index is 12.9. The summed E-state index contributed by atoms with van der Waals surface area (Å²) in [6.07, 6.45) is -3.32. The Balaban J connectivity index is 1.90. The predicted molar refractivity (Wildman–Crippen MR) is 103 cm³/mol. The number of hydrogen-bond acceptors (Lipinski definition) is 7. The normalized spacial score (nSPS) is 11.9. The van der Waals surface area contributed by atoms with E-state index in [2.05, 4.69) is 20.3 Å². The fourth-order valence-corrected chi connectivity index (χ4v) is 3.28. The summed E-state index contributed by atoms with van der Waals surface area (Å²) >= 11 is 0. The second-order valence-corrected chi connectivity index (χ2v) is 7.79. The maximum Gasteiger partial charge on any atom is 0.416 e. The zero-order valence-corrected chi connectivity index (χ0v) is 16.3. The highest BCUT2D eigenvalue weighted by Gasteiger charge is 2.31. The standard InChI is InChI=1S/C18H16F3N5O3S/c1-29-15-8-12(18(19,20)21)5-6-14(15)16-23-10-24-17(26-16)25-13-4-2-3-11(7-13)9-30(22,27)28/h2-8,10H,9H2,1H3,(H2,22,27,28)(H,23,24,25,26). The molecular weight excluding hydrogens is 423 g/mol. The van der Waals surface area contributed by atoms with Crippen LogP contribution in [0, 0.1) is 0 Å². The summed E-state index contributed by atoms with van der Waals surface area (Å²) in [4.78, 5) is 12.2. The first-order valence-electron chi connectivity index (χ1n) is 8.36. The van der Waals surface area contributed by atoms with Gasteiger partial charge in [0.2, 0.25) is 16.0 Å². The molecule has 0 amide bonds. The van der Waals surface area contributed by atoms with E-state index in [4.69, 9.17) is 9.88 Å². The molecule has 0 bridgehead atoms. The van der Waals surface area contributed by atoms with Crippen LogP contribution in [0.2, 0.25) is 0 Å². The van der Waals surface area contributed by atoms with Crippen LogP contribution in [0.25, 0.3) is 11.4 Å². The number of nitrogens with one attached hydrogen (secondary N) is 1. The van der Waals surface area contributed by atoms with E-state index in [0.29, 0.717) is 11.3 Å². The molecule has 0 radical (unpaired) electrons. The van der Waals surface area contributed by atoms with Crippen molar-refractivity contribution >= 4 is 21.7 Å². The number of primary sulfonamides is 1. The van der Waals surface area contributed by atoms with Crippen LogP contribution < -0.4 is 15.2 Å². The van der Waals surface area contributed by atoms with Crippen molar-refractivity contribution in [3.63, 3.8) is 0 Å². The number of rotatable bonds is 6. The second kappa shape index (κ2) is 8.24. The molecular formula is C18H16F3N5O3S. The Morgan fingerprint density at radius 2 is 1.90 bits per heavy atom. The third-order valence-corrected chi connectivity index (χ3v) is 4.63. The van der Waals surface area contributed by atoms with Gasteiger partial charge in [0.25, 0.3) is 0 Å². The average molecular weight is 439 g/mol. The van der Waals surface area contributed by atoms with Gasteiger partial charge >= 0.3 is 6.18 Å². The number of benzene rings is 2. The average Bonchev–Trinajstić information content (AvgIpc) is 2.66. The van der Waals surface area contributed by atoms with Crippen LogP contribution in [0.3, 0.4) is 0 Å². The van der Waals surface area contributed by atoms with Gasteiger partial charge in [0, 0.05) is 5.69 Å². The third-order valence-electron chi connectivity index (χ3n) is 3.89. The van der Waals surface area contributed by atoms with Crippen molar-refractivity contribution in [1.82, 2.24) is 15.0 Å². The van der Waals surface area contributed by atoms with Crippen molar-refractivity contribution in [3.05, 3.63) is 59.9 Å². The number of nitrogens with zero attached hydrogens (tertiary/aromatic N) is 3. The molecule has 158 valence electrons. The highest BCUT2D eigenvalue weighted by atomic mass is 32.2. The van der Waals surface area contributed by atoms with E-state index in [-0.39, 0.29) is 28.8 Å². The summed E-state index contributed by atoms with van der Waals surface area (Å²) in [5, 5.41) is 7.95.